The third-order valence-electron chi connectivity index (χ3n) is 3.50. The molecule has 1 aliphatic heterocycles. The molecular weight excluding hydrogens is 261 g/mol. The molecule has 3 N–H and O–H groups in total. The fourth-order valence-corrected chi connectivity index (χ4v) is 2.33. The van der Waals surface area contributed by atoms with Crippen molar-refractivity contribution in [3.63, 3.8) is 0 Å². The number of carbonyl (C=O) groups is 1. The molecule has 0 aliphatic carbocycles. The van der Waals surface area contributed by atoms with Gasteiger partial charge in [0.05, 0.1) is 18.3 Å². The number of rotatable bonds is 4. The molecule has 20 heavy (non-hydrogen) atoms. The molecule has 1 aromatic rings. The van der Waals surface area contributed by atoms with Gasteiger partial charge in [-0.25, -0.2) is 4.39 Å². The quantitative estimate of drug-likeness (QED) is 0.820. The minimum absolute atomic E-state index is 0.127. The second kappa shape index (κ2) is 6.67. The number of nitrogens with one attached hydrogen (secondary N) is 1. The second-order valence-electron chi connectivity index (χ2n) is 5.00. The van der Waals surface area contributed by atoms with E-state index in [4.69, 9.17) is 10.5 Å². The van der Waals surface area contributed by atoms with Crippen LogP contribution in [0.2, 0.25) is 0 Å². The van der Waals surface area contributed by atoms with Gasteiger partial charge in [0.15, 0.2) is 0 Å². The summed E-state index contributed by atoms with van der Waals surface area (Å²) in [5, 5.41) is 2.56. The maximum absolute atomic E-state index is 13.5. The molecule has 1 aliphatic rings. The molecule has 0 bridgehead atoms. The zero-order valence-corrected chi connectivity index (χ0v) is 11.6. The maximum Gasteiger partial charge on any atom is 0.238 e. The molecule has 0 aromatic heterocycles. The highest BCUT2D eigenvalue weighted by Crippen LogP contribution is 2.18. The van der Waals surface area contributed by atoms with Crippen LogP contribution in [0.25, 0.3) is 0 Å². The number of carbonyl (C=O) groups excluding carboxylic acids is 1. The molecule has 1 saturated heterocycles. The third kappa shape index (κ3) is 3.91. The van der Waals surface area contributed by atoms with Crippen LogP contribution in [0.3, 0.4) is 0 Å². The average Bonchev–Trinajstić information content (AvgIpc) is 2.43. The number of nitrogen functional groups attached to an aromatic ring is 1. The van der Waals surface area contributed by atoms with Crippen LogP contribution in [0.5, 0.6) is 0 Å². The molecule has 0 atom stereocenters. The molecule has 1 fully saturated rings. The van der Waals surface area contributed by atoms with Crippen LogP contribution in [-0.2, 0) is 9.53 Å². The Kier molecular flexibility index (Phi) is 4.92. The third-order valence-corrected chi connectivity index (χ3v) is 3.50. The summed E-state index contributed by atoms with van der Waals surface area (Å²) < 4.78 is 18.8. The Hall–Kier alpha value is -1.66. The van der Waals surface area contributed by atoms with Crippen molar-refractivity contribution in [2.75, 3.05) is 37.8 Å². The normalized spacial score (nSPS) is 17.1. The minimum atomic E-state index is -0.481. The zero-order chi connectivity index (χ0) is 14.5. The Bertz CT molecular complexity index is 473. The standard InChI is InChI=1S/C14H20FN3O2/c1-20-11-4-6-18(7-5-11)9-14(19)17-13-8-10(16)2-3-12(13)15/h2-3,8,11H,4-7,9,16H2,1H3,(H,17,19). The van der Waals surface area contributed by atoms with E-state index >= 15 is 0 Å². The van der Waals surface area contributed by atoms with Crippen LogP contribution < -0.4 is 11.1 Å². The highest BCUT2D eigenvalue weighted by Gasteiger charge is 2.20. The number of piperidine rings is 1. The van der Waals surface area contributed by atoms with E-state index in [9.17, 15) is 9.18 Å². The highest BCUT2D eigenvalue weighted by atomic mass is 19.1. The maximum atomic E-state index is 13.5. The van der Waals surface area contributed by atoms with Crippen molar-refractivity contribution in [3.8, 4) is 0 Å². The fourth-order valence-electron chi connectivity index (χ4n) is 2.33. The largest absolute Gasteiger partial charge is 0.399 e. The molecule has 1 amide bonds. The van der Waals surface area contributed by atoms with E-state index in [0.29, 0.717) is 5.69 Å². The number of nitrogens with zero attached hydrogens (tertiary/aromatic N) is 1. The molecule has 1 aromatic carbocycles. The Morgan fingerprint density at radius 3 is 2.85 bits per heavy atom. The van der Waals surface area contributed by atoms with Gasteiger partial charge in [-0.3, -0.25) is 9.69 Å². The van der Waals surface area contributed by atoms with E-state index < -0.39 is 5.82 Å². The lowest BCUT2D eigenvalue weighted by Gasteiger charge is -2.30. The predicted molar refractivity (Wildman–Crippen MR) is 75.9 cm³/mol. The van der Waals surface area contributed by atoms with Gasteiger partial charge in [0.25, 0.3) is 0 Å². The highest BCUT2D eigenvalue weighted by molar-refractivity contribution is 5.92. The monoisotopic (exact) mass is 281 g/mol. The SMILES string of the molecule is COC1CCN(CC(=O)Nc2cc(N)ccc2F)CC1. The Morgan fingerprint density at radius 1 is 1.50 bits per heavy atom. The molecule has 110 valence electrons. The number of likely N-dealkylation sites (tertiary alicyclic amines) is 1. The number of anilines is 2. The Balaban J connectivity index is 1.85. The minimum Gasteiger partial charge on any atom is -0.399 e. The number of nitrogens with two attached hydrogens (primary N) is 1. The average molecular weight is 281 g/mol. The van der Waals surface area contributed by atoms with Crippen molar-refractivity contribution in [1.29, 1.82) is 0 Å². The first-order chi connectivity index (χ1) is 9.58. The predicted octanol–water partition coefficient (Wildman–Crippen LogP) is 1.46. The lowest BCUT2D eigenvalue weighted by Crippen LogP contribution is -2.41. The molecule has 0 radical (unpaired) electrons. The summed E-state index contributed by atoms with van der Waals surface area (Å²) in [4.78, 5) is 13.9. The van der Waals surface area contributed by atoms with Gasteiger partial charge in [-0.1, -0.05) is 0 Å². The summed E-state index contributed by atoms with van der Waals surface area (Å²) in [5.41, 5.74) is 6.12. The van der Waals surface area contributed by atoms with Crippen molar-refractivity contribution >= 4 is 17.3 Å². The summed E-state index contributed by atoms with van der Waals surface area (Å²) in [6.45, 7) is 1.88. The van der Waals surface area contributed by atoms with Gasteiger partial charge >= 0.3 is 0 Å². The second-order valence-corrected chi connectivity index (χ2v) is 5.00. The Labute approximate surface area is 117 Å². The van der Waals surface area contributed by atoms with Gasteiger partial charge in [0, 0.05) is 25.9 Å². The summed E-state index contributed by atoms with van der Waals surface area (Å²) >= 11 is 0. The summed E-state index contributed by atoms with van der Waals surface area (Å²) in [6.07, 6.45) is 2.10. The van der Waals surface area contributed by atoms with Crippen LogP contribution in [0, 0.1) is 5.82 Å². The molecule has 1 heterocycles. The van der Waals surface area contributed by atoms with E-state index in [1.807, 2.05) is 4.90 Å². The Morgan fingerprint density at radius 2 is 2.20 bits per heavy atom. The lowest BCUT2D eigenvalue weighted by atomic mass is 10.1. The van der Waals surface area contributed by atoms with Gasteiger partial charge in [-0.05, 0) is 31.0 Å². The van der Waals surface area contributed by atoms with Crippen LogP contribution in [0.1, 0.15) is 12.8 Å². The van der Waals surface area contributed by atoms with Gasteiger partial charge in [-0.15, -0.1) is 0 Å². The van der Waals surface area contributed by atoms with Crippen LogP contribution in [0.4, 0.5) is 15.8 Å². The molecule has 0 spiro atoms. The van der Waals surface area contributed by atoms with E-state index in [0.717, 1.165) is 25.9 Å². The number of halogens is 1. The molecular formula is C14H20FN3O2. The fraction of sp³-hybridized carbons (Fsp3) is 0.500. The van der Waals surface area contributed by atoms with Crippen molar-refractivity contribution in [1.82, 2.24) is 4.90 Å². The number of amides is 1. The van der Waals surface area contributed by atoms with Crippen molar-refractivity contribution in [3.05, 3.63) is 24.0 Å². The summed E-state index contributed by atoms with van der Waals surface area (Å²) in [6, 6.07) is 4.12. The van der Waals surface area contributed by atoms with Crippen molar-refractivity contribution < 1.29 is 13.9 Å². The van der Waals surface area contributed by atoms with E-state index in [1.54, 1.807) is 7.11 Å². The van der Waals surface area contributed by atoms with Gasteiger partial charge < -0.3 is 15.8 Å². The van der Waals surface area contributed by atoms with Crippen LogP contribution >= 0.6 is 0 Å². The van der Waals surface area contributed by atoms with Gasteiger partial charge in [0.2, 0.25) is 5.91 Å². The van der Waals surface area contributed by atoms with Gasteiger partial charge in [-0.2, -0.15) is 0 Å². The lowest BCUT2D eigenvalue weighted by molar-refractivity contribution is -0.117. The van der Waals surface area contributed by atoms with Crippen molar-refractivity contribution in [2.24, 2.45) is 0 Å². The smallest absolute Gasteiger partial charge is 0.238 e. The number of hydrogen-bond donors (Lipinski definition) is 2. The van der Waals surface area contributed by atoms with Crippen LogP contribution in [-0.4, -0.2) is 43.7 Å². The number of methoxy groups -OCH3 is 1. The number of ether oxygens (including phenoxy) is 1. The topological polar surface area (TPSA) is 67.6 Å². The van der Waals surface area contributed by atoms with Crippen LogP contribution in [0.15, 0.2) is 18.2 Å². The van der Waals surface area contributed by atoms with Crippen molar-refractivity contribution in [2.45, 2.75) is 18.9 Å². The summed E-state index contributed by atoms with van der Waals surface area (Å²) in [7, 11) is 1.70. The zero-order valence-electron chi connectivity index (χ0n) is 11.6. The van der Waals surface area contributed by atoms with E-state index in [2.05, 4.69) is 5.32 Å². The summed E-state index contributed by atoms with van der Waals surface area (Å²) in [5.74, 6) is -0.712. The first-order valence-electron chi connectivity index (χ1n) is 6.68. The molecule has 0 unspecified atom stereocenters. The number of hydrogen-bond acceptors (Lipinski definition) is 4. The first-order valence-corrected chi connectivity index (χ1v) is 6.68. The molecule has 0 saturated carbocycles. The molecule has 6 heteroatoms. The number of benzene rings is 1. The first kappa shape index (κ1) is 14.7. The molecule has 5 nitrogen and oxygen atoms in total. The molecule has 2 rings (SSSR count). The van der Waals surface area contributed by atoms with E-state index in [1.165, 1.54) is 18.2 Å². The van der Waals surface area contributed by atoms with E-state index in [-0.39, 0.29) is 24.2 Å². The van der Waals surface area contributed by atoms with Gasteiger partial charge in [0.1, 0.15) is 5.82 Å².